The Balaban J connectivity index is 0.0000000999. The number of hydrogen-bond acceptors (Lipinski definition) is 12. The molecule has 1 aliphatic carbocycles. The molecule has 18 aromatic rings. The number of thioether (sulfide) groups is 1. The fourth-order valence-electron chi connectivity index (χ4n) is 13.9. The van der Waals surface area contributed by atoms with E-state index in [4.69, 9.17) is 12.9 Å². The first-order valence-electron chi connectivity index (χ1n) is 33.4. The van der Waals surface area contributed by atoms with Crippen LogP contribution in [-0.2, 0) is 28.2 Å². The highest BCUT2D eigenvalue weighted by molar-refractivity contribution is 8.02. The topological polar surface area (TPSA) is 93.4 Å². The largest absolute Gasteiger partial charge is 0.452 e. The average Bonchev–Trinajstić information content (AvgIpc) is 1.58. The number of aromatic nitrogens is 8. The van der Waals surface area contributed by atoms with E-state index < -0.39 is 6.85 Å². The Morgan fingerprint density at radius 2 is 1.00 bits per heavy atom. The van der Waals surface area contributed by atoms with Crippen LogP contribution in [0, 0.1) is 27.6 Å². The molecule has 0 radical (unpaired) electrons. The second-order valence-electron chi connectivity index (χ2n) is 24.8. The fraction of sp³-hybridized carbons (Fsp3) is 0.136. The summed E-state index contributed by atoms with van der Waals surface area (Å²) in [6, 6.07) is 47.2. The third-order valence-corrected chi connectivity index (χ3v) is 26.6. The van der Waals surface area contributed by atoms with Gasteiger partial charge in [0.15, 0.2) is 36.0 Å². The van der Waals surface area contributed by atoms with Gasteiger partial charge in [0.2, 0.25) is 22.8 Å². The lowest BCUT2D eigenvalue weighted by molar-refractivity contribution is -0.674. The fourth-order valence-corrected chi connectivity index (χ4v) is 22.6. The molecule has 12 heterocycles. The van der Waals surface area contributed by atoms with E-state index in [1.165, 1.54) is 124 Å². The van der Waals surface area contributed by atoms with Crippen LogP contribution in [0.5, 0.6) is 0 Å². The van der Waals surface area contributed by atoms with Crippen molar-refractivity contribution in [2.75, 3.05) is 0 Å². The maximum atomic E-state index is 7.54. The summed E-state index contributed by atoms with van der Waals surface area (Å²) in [7, 11) is 8.08. The molecule has 11 aromatic heterocycles. The van der Waals surface area contributed by atoms with Crippen molar-refractivity contribution in [1.29, 1.82) is 0 Å². The van der Waals surface area contributed by atoms with Crippen molar-refractivity contribution in [3.8, 4) is 33.8 Å². The first kappa shape index (κ1) is 57.6. The van der Waals surface area contributed by atoms with Crippen LogP contribution >= 0.6 is 68.4 Å². The zero-order valence-corrected chi connectivity index (χ0v) is 59.1. The minimum absolute atomic E-state index is 0.0689. The van der Waals surface area contributed by atoms with Crippen LogP contribution in [0.25, 0.3) is 142 Å². The lowest BCUT2D eigenvalue weighted by Gasteiger charge is -2.24. The SMILES string of the molecule is CC1=C(c2cncc[n+]2C)C2Sc3sc4ccccc4c3C2C=C1.Cc1cc2c(cc1-c1cncc[n+]1C)sc1c3ccccc3sc21.Cc1ccc2c(sc3c4ccccc4sc23)c1-c1cncc[n+]1C.[2H]C([2H])([2H])c1c[n+](C)c(-c2cc3oc4c5ccccc5oc4c3cc2C)cn1. The van der Waals surface area contributed by atoms with Crippen LogP contribution < -0.4 is 18.3 Å². The minimum Gasteiger partial charge on any atom is -0.452 e. The van der Waals surface area contributed by atoms with E-state index in [0.29, 0.717) is 11.2 Å². The number of hydrogen-bond donors (Lipinski definition) is 0. The third-order valence-electron chi connectivity index (χ3n) is 18.8. The second kappa shape index (κ2) is 24.5. The highest BCUT2D eigenvalue weighted by Gasteiger charge is 2.42. The predicted molar refractivity (Wildman–Crippen MR) is 406 cm³/mol. The van der Waals surface area contributed by atoms with Gasteiger partial charge in [0.1, 0.15) is 45.1 Å². The van der Waals surface area contributed by atoms with Gasteiger partial charge in [-0.3, -0.25) is 15.0 Å². The first-order valence-corrected chi connectivity index (χ1v) is 36.8. The molecule has 2 atom stereocenters. The van der Waals surface area contributed by atoms with Gasteiger partial charge in [0.25, 0.3) is 0 Å². The second-order valence-corrected chi connectivity index (χ2v) is 31.5. The summed E-state index contributed by atoms with van der Waals surface area (Å²) >= 11 is 11.6. The maximum absolute atomic E-state index is 7.54. The number of thiophene rings is 5. The molecule has 0 spiro atoms. The number of allylic oxidation sites excluding steroid dienone is 3. The summed E-state index contributed by atoms with van der Waals surface area (Å²) in [6.07, 6.45) is 25.3. The number of rotatable bonds is 4. The molecule has 472 valence electrons. The Labute approximate surface area is 587 Å². The number of aryl methyl sites for hydroxylation is 8. The molecular formula is C81H64N8O2S6+4. The number of furan rings is 2. The minimum atomic E-state index is -2.23. The Hall–Kier alpha value is -9.65. The predicted octanol–water partition coefficient (Wildman–Crippen LogP) is 20.5. The van der Waals surface area contributed by atoms with E-state index in [1.54, 1.807) is 17.0 Å². The van der Waals surface area contributed by atoms with Crippen molar-refractivity contribution >= 4 is 176 Å². The van der Waals surface area contributed by atoms with Crippen LogP contribution in [-0.4, -0.2) is 25.2 Å². The molecule has 0 amide bonds. The third kappa shape index (κ3) is 10.5. The molecule has 0 fully saturated rings. The molecule has 97 heavy (non-hydrogen) atoms. The van der Waals surface area contributed by atoms with Crippen molar-refractivity contribution in [1.82, 2.24) is 19.9 Å². The van der Waals surface area contributed by atoms with E-state index in [9.17, 15) is 0 Å². The van der Waals surface area contributed by atoms with Crippen LogP contribution in [0.2, 0.25) is 0 Å². The van der Waals surface area contributed by atoms with Crippen molar-refractivity contribution in [2.24, 2.45) is 28.2 Å². The van der Waals surface area contributed by atoms with Crippen LogP contribution in [0.15, 0.2) is 232 Å². The molecule has 2 unspecified atom stereocenters. The van der Waals surface area contributed by atoms with Gasteiger partial charge in [-0.2, -0.15) is 18.3 Å². The van der Waals surface area contributed by atoms with Crippen molar-refractivity contribution in [3.63, 3.8) is 0 Å². The van der Waals surface area contributed by atoms with Crippen molar-refractivity contribution < 1.29 is 31.2 Å². The number of fused-ring (bicyclic) bond motifs is 20. The van der Waals surface area contributed by atoms with Crippen molar-refractivity contribution in [2.45, 2.75) is 49.9 Å². The Bertz CT molecular complexity index is 6420. The Morgan fingerprint density at radius 3 is 1.68 bits per heavy atom. The highest BCUT2D eigenvalue weighted by atomic mass is 32.2. The van der Waals surface area contributed by atoms with Gasteiger partial charge in [0, 0.05) is 55.9 Å². The maximum Gasteiger partial charge on any atom is 0.232 e. The molecule has 0 N–H and O–H groups in total. The van der Waals surface area contributed by atoms with Crippen LogP contribution in [0.3, 0.4) is 0 Å². The normalized spacial score (nSPS) is 14.9. The smallest absolute Gasteiger partial charge is 0.232 e. The van der Waals surface area contributed by atoms with E-state index in [-0.39, 0.29) is 5.69 Å². The number of nitrogens with zero attached hydrogens (tertiary/aromatic N) is 8. The van der Waals surface area contributed by atoms with E-state index >= 15 is 0 Å². The summed E-state index contributed by atoms with van der Waals surface area (Å²) in [5, 5.41) is 9.24. The van der Waals surface area contributed by atoms with Gasteiger partial charge in [-0.1, -0.05) is 91.0 Å². The molecule has 7 aromatic carbocycles. The lowest BCUT2D eigenvalue weighted by atomic mass is 9.84. The van der Waals surface area contributed by atoms with E-state index in [2.05, 4.69) is 185 Å². The molecule has 2 aliphatic rings. The average molecular weight is 1380 g/mol. The molecule has 10 nitrogen and oxygen atoms in total. The summed E-state index contributed by atoms with van der Waals surface area (Å²) < 4.78 is 57.0. The van der Waals surface area contributed by atoms with Gasteiger partial charge in [-0.05, 0) is 122 Å². The number of para-hydroxylation sites is 1. The Kier molecular flexibility index (Phi) is 14.5. The molecule has 1 aliphatic heterocycles. The van der Waals surface area contributed by atoms with Crippen molar-refractivity contribution in [3.05, 3.63) is 253 Å². The summed E-state index contributed by atoms with van der Waals surface area (Å²) in [5.41, 5.74) is 18.8. The summed E-state index contributed by atoms with van der Waals surface area (Å²) in [6.45, 7) is 6.38. The molecule has 16 heteroatoms. The molecular weight excluding hydrogens is 1310 g/mol. The monoisotopic (exact) mass is 1380 g/mol. The molecule has 0 saturated heterocycles. The number of benzene rings is 7. The Morgan fingerprint density at radius 1 is 0.454 bits per heavy atom. The molecule has 0 bridgehead atoms. The molecule has 0 saturated carbocycles. The highest BCUT2D eigenvalue weighted by Crippen LogP contribution is 2.59. The lowest BCUT2D eigenvalue weighted by Crippen LogP contribution is -2.35. The standard InChI is InChI=1S/C21H17N2O2.2C20H15N2S2.C20H17N2S2/c1-12-8-16-19(9-15(12)17-10-22-13(2)11-23(17)3)25-20-14-6-4-5-7-18(14)24-21(16)20;1-12-9-15-18(10-14(12)16-11-21-7-8-22(16)2)24-19-13-5-3-4-6-17(13)23-20(15)19;1-12-7-8-14-18(17(12)15-11-21-9-10-22(15)2)24-19-13-5-3-4-6-16(13)23-20(14)19;1-12-7-8-14-18-13-5-3-4-6-16(13)23-20(18)24-19(14)17(12)15-11-21-9-10-22(15)2/h4-11H,1-3H3;2*3-11H,1-2H3;3-11,14,19H,1-2H3/q4*+1/i2D3;;;. The summed E-state index contributed by atoms with van der Waals surface area (Å²) in [4.78, 5) is 17.2. The molecule has 20 rings (SSSR count). The van der Waals surface area contributed by atoms with E-state index in [1.807, 2.05) is 175 Å². The van der Waals surface area contributed by atoms with Gasteiger partial charge in [0.05, 0.1) is 104 Å². The van der Waals surface area contributed by atoms with Gasteiger partial charge < -0.3 is 8.83 Å². The van der Waals surface area contributed by atoms with E-state index in [0.717, 1.165) is 55.6 Å². The summed E-state index contributed by atoms with van der Waals surface area (Å²) in [5.74, 6) is 0.458. The van der Waals surface area contributed by atoms with Gasteiger partial charge in [-0.15, -0.1) is 68.4 Å². The van der Waals surface area contributed by atoms with Crippen LogP contribution in [0.1, 0.15) is 50.6 Å². The van der Waals surface area contributed by atoms with Gasteiger partial charge >= 0.3 is 0 Å². The zero-order chi connectivity index (χ0) is 68.4. The quantitative estimate of drug-likeness (QED) is 0.162. The van der Waals surface area contributed by atoms with Gasteiger partial charge in [-0.25, -0.2) is 4.98 Å². The first-order chi connectivity index (χ1) is 48.5. The zero-order valence-electron chi connectivity index (χ0n) is 57.2. The van der Waals surface area contributed by atoms with Crippen LogP contribution in [0.4, 0.5) is 0 Å².